The molecule has 0 unspecified atom stereocenters. The highest BCUT2D eigenvalue weighted by molar-refractivity contribution is 9.10. The summed E-state index contributed by atoms with van der Waals surface area (Å²) in [5.41, 5.74) is -4.92. The highest BCUT2D eigenvalue weighted by Gasteiger charge is 2.45. The molecule has 0 aliphatic carbocycles. The number of aldehydes is 1. The Morgan fingerprint density at radius 3 is 1.88 bits per heavy atom. The fourth-order valence-electron chi connectivity index (χ4n) is 1.25. The lowest BCUT2D eigenvalue weighted by molar-refractivity contribution is -0.162. The van der Waals surface area contributed by atoms with E-state index in [1.54, 1.807) is 0 Å². The van der Waals surface area contributed by atoms with Gasteiger partial charge in [-0.15, -0.1) is 0 Å². The Morgan fingerprint density at radius 2 is 1.53 bits per heavy atom. The Morgan fingerprint density at radius 1 is 1.00 bits per heavy atom. The van der Waals surface area contributed by atoms with Crippen molar-refractivity contribution in [2.75, 3.05) is 0 Å². The Bertz CT molecular complexity index is 448. The number of carbonyl (C=O) groups excluding carboxylic acids is 1. The molecule has 0 saturated heterocycles. The molecule has 94 valence electrons. The van der Waals surface area contributed by atoms with Crippen molar-refractivity contribution in [2.24, 2.45) is 0 Å². The first-order valence-corrected chi connectivity index (χ1v) is 4.80. The van der Waals surface area contributed by atoms with Gasteiger partial charge in [0.1, 0.15) is 0 Å². The van der Waals surface area contributed by atoms with E-state index in [2.05, 4.69) is 15.9 Å². The first-order chi connectivity index (χ1) is 7.59. The van der Waals surface area contributed by atoms with Crippen LogP contribution in [0.25, 0.3) is 0 Å². The van der Waals surface area contributed by atoms with Gasteiger partial charge in [-0.1, -0.05) is 15.9 Å². The molecule has 17 heavy (non-hydrogen) atoms. The fraction of sp³-hybridized carbons (Fsp3) is 0.222. The van der Waals surface area contributed by atoms with Gasteiger partial charge < -0.3 is 0 Å². The molecular weight excluding hydrogens is 318 g/mol. The number of rotatable bonds is 1. The van der Waals surface area contributed by atoms with Crippen LogP contribution in [0.1, 0.15) is 21.5 Å². The molecule has 0 radical (unpaired) electrons. The van der Waals surface area contributed by atoms with Gasteiger partial charge in [0.05, 0.1) is 11.1 Å². The van der Waals surface area contributed by atoms with Crippen molar-refractivity contribution in [2.45, 2.75) is 12.4 Å². The maximum Gasteiger partial charge on any atom is 0.417 e. The lowest BCUT2D eigenvalue weighted by atomic mass is 10.0. The molecule has 0 amide bonds. The second-order valence-electron chi connectivity index (χ2n) is 3.00. The second-order valence-corrected chi connectivity index (χ2v) is 3.85. The highest BCUT2D eigenvalue weighted by atomic mass is 79.9. The molecule has 0 saturated carbocycles. The van der Waals surface area contributed by atoms with Gasteiger partial charge in [-0.25, -0.2) is 0 Å². The predicted molar refractivity (Wildman–Crippen MR) is 49.5 cm³/mol. The zero-order valence-corrected chi connectivity index (χ0v) is 9.37. The van der Waals surface area contributed by atoms with Crippen LogP contribution in [0.3, 0.4) is 0 Å². The molecule has 1 rings (SSSR count). The Balaban J connectivity index is 3.70. The van der Waals surface area contributed by atoms with Crippen molar-refractivity contribution in [1.29, 1.82) is 0 Å². The Labute approximate surface area is 99.5 Å². The van der Waals surface area contributed by atoms with Crippen LogP contribution in [0.15, 0.2) is 16.6 Å². The summed E-state index contributed by atoms with van der Waals surface area (Å²) in [4.78, 5) is 10.5. The van der Waals surface area contributed by atoms with Crippen molar-refractivity contribution in [1.82, 2.24) is 0 Å². The minimum atomic E-state index is -5.26. The van der Waals surface area contributed by atoms with Crippen LogP contribution in [0.2, 0.25) is 0 Å². The average molecular weight is 321 g/mol. The Hall–Kier alpha value is -1.05. The van der Waals surface area contributed by atoms with Crippen molar-refractivity contribution in [3.05, 3.63) is 33.3 Å². The molecule has 0 fully saturated rings. The summed E-state index contributed by atoms with van der Waals surface area (Å²) >= 11 is 2.60. The van der Waals surface area contributed by atoms with Crippen molar-refractivity contribution < 1.29 is 31.1 Å². The van der Waals surface area contributed by atoms with Crippen molar-refractivity contribution in [3.63, 3.8) is 0 Å². The van der Waals surface area contributed by atoms with Gasteiger partial charge in [-0.2, -0.15) is 26.3 Å². The molecule has 1 aromatic carbocycles. The van der Waals surface area contributed by atoms with E-state index < -0.39 is 29.0 Å². The van der Waals surface area contributed by atoms with Crippen LogP contribution in [0, 0.1) is 0 Å². The van der Waals surface area contributed by atoms with Gasteiger partial charge in [-0.3, -0.25) is 4.79 Å². The van der Waals surface area contributed by atoms with E-state index in [1.165, 1.54) is 0 Å². The molecule has 0 N–H and O–H groups in total. The number of alkyl halides is 6. The van der Waals surface area contributed by atoms with Gasteiger partial charge in [-0.05, 0) is 12.1 Å². The van der Waals surface area contributed by atoms with Crippen LogP contribution in [-0.4, -0.2) is 6.29 Å². The monoisotopic (exact) mass is 320 g/mol. The summed E-state index contributed by atoms with van der Waals surface area (Å²) in [6.07, 6.45) is -10.7. The fourth-order valence-corrected chi connectivity index (χ4v) is 1.67. The molecule has 0 atom stereocenters. The van der Waals surface area contributed by atoms with Gasteiger partial charge in [0.25, 0.3) is 0 Å². The molecule has 0 spiro atoms. The first-order valence-electron chi connectivity index (χ1n) is 4.01. The van der Waals surface area contributed by atoms with E-state index in [-0.39, 0.29) is 16.8 Å². The van der Waals surface area contributed by atoms with Gasteiger partial charge in [0, 0.05) is 10.0 Å². The summed E-state index contributed by atoms with van der Waals surface area (Å²) in [6.45, 7) is 0. The van der Waals surface area contributed by atoms with Crippen LogP contribution < -0.4 is 0 Å². The number of benzene rings is 1. The van der Waals surface area contributed by atoms with Crippen LogP contribution in [0.5, 0.6) is 0 Å². The predicted octanol–water partition coefficient (Wildman–Crippen LogP) is 4.30. The van der Waals surface area contributed by atoms with Gasteiger partial charge in [0.15, 0.2) is 6.29 Å². The van der Waals surface area contributed by atoms with E-state index in [9.17, 15) is 31.1 Å². The quantitative estimate of drug-likeness (QED) is 0.557. The summed E-state index contributed by atoms with van der Waals surface area (Å²) < 4.78 is 74.4. The van der Waals surface area contributed by atoms with E-state index >= 15 is 0 Å². The maximum absolute atomic E-state index is 12.5. The summed E-state index contributed by atoms with van der Waals surface area (Å²) in [5.74, 6) is 0. The average Bonchev–Trinajstić information content (AvgIpc) is 2.13. The number of carbonyl (C=O) groups is 1. The van der Waals surface area contributed by atoms with Crippen LogP contribution in [0.4, 0.5) is 26.3 Å². The minimum Gasteiger partial charge on any atom is -0.298 e. The third-order valence-electron chi connectivity index (χ3n) is 1.90. The van der Waals surface area contributed by atoms with E-state index in [1.807, 2.05) is 0 Å². The van der Waals surface area contributed by atoms with Gasteiger partial charge in [0.2, 0.25) is 0 Å². The summed E-state index contributed by atoms with van der Waals surface area (Å²) in [7, 11) is 0. The lowest BCUT2D eigenvalue weighted by Crippen LogP contribution is -2.19. The van der Waals surface area contributed by atoms with Crippen LogP contribution >= 0.6 is 15.9 Å². The molecule has 1 aromatic rings. The lowest BCUT2D eigenvalue weighted by Gasteiger charge is -2.17. The number of hydrogen-bond donors (Lipinski definition) is 0. The summed E-state index contributed by atoms with van der Waals surface area (Å²) in [6, 6.07) is 1.03. The first kappa shape index (κ1) is 14.0. The van der Waals surface area contributed by atoms with E-state index in [0.29, 0.717) is 0 Å². The molecular formula is C9H3BrF6O. The van der Waals surface area contributed by atoms with E-state index in [4.69, 9.17) is 0 Å². The summed E-state index contributed by atoms with van der Waals surface area (Å²) in [5, 5.41) is 0. The van der Waals surface area contributed by atoms with Crippen molar-refractivity contribution >= 4 is 22.2 Å². The molecule has 0 aromatic heterocycles. The largest absolute Gasteiger partial charge is 0.417 e. The highest BCUT2D eigenvalue weighted by Crippen LogP contribution is 2.43. The minimum absolute atomic E-state index is 0.262. The third kappa shape index (κ3) is 2.80. The zero-order chi connectivity index (χ0) is 13.4. The second kappa shape index (κ2) is 4.32. The molecule has 0 aliphatic rings. The normalized spacial score (nSPS) is 12.6. The molecule has 0 bridgehead atoms. The van der Waals surface area contributed by atoms with Crippen molar-refractivity contribution in [3.8, 4) is 0 Å². The number of hydrogen-bond acceptors (Lipinski definition) is 1. The molecule has 1 nitrogen and oxygen atoms in total. The Kier molecular flexibility index (Phi) is 3.56. The van der Waals surface area contributed by atoms with Gasteiger partial charge >= 0.3 is 12.4 Å². The maximum atomic E-state index is 12.5. The number of halogens is 7. The zero-order valence-electron chi connectivity index (χ0n) is 7.79. The molecule has 0 aliphatic heterocycles. The SMILES string of the molecule is O=Cc1c(Br)ccc(C(F)(F)F)c1C(F)(F)F. The standard InChI is InChI=1S/C9H3BrF6O/c10-6-2-1-5(8(11,12)13)7(4(6)3-17)9(14,15)16/h1-3H. The molecule has 8 heteroatoms. The molecule has 0 heterocycles. The van der Waals surface area contributed by atoms with E-state index in [0.717, 1.165) is 6.07 Å². The third-order valence-corrected chi connectivity index (χ3v) is 2.59. The van der Waals surface area contributed by atoms with Crippen LogP contribution in [-0.2, 0) is 12.4 Å². The topological polar surface area (TPSA) is 17.1 Å². The smallest absolute Gasteiger partial charge is 0.298 e.